The molecule has 0 nitrogen and oxygen atoms in total. The summed E-state index contributed by atoms with van der Waals surface area (Å²) >= 11 is 7.81. The topological polar surface area (TPSA) is 0 Å². The van der Waals surface area contributed by atoms with E-state index in [1.54, 1.807) is 11.3 Å². The van der Waals surface area contributed by atoms with Crippen molar-refractivity contribution in [2.75, 3.05) is 0 Å². The van der Waals surface area contributed by atoms with Gasteiger partial charge in [0.05, 0.1) is 0 Å². The lowest BCUT2D eigenvalue weighted by molar-refractivity contribution is 0.750. The van der Waals surface area contributed by atoms with Gasteiger partial charge in [-0.2, -0.15) is 0 Å². The molecule has 1 heterocycles. The maximum atomic E-state index is 6.00. The largest absolute Gasteiger partial charge is 0.144 e. The zero-order valence-electron chi connectivity index (χ0n) is 8.63. The molecule has 0 atom stereocenters. The highest BCUT2D eigenvalue weighted by atomic mass is 35.5. The molecule has 15 heavy (non-hydrogen) atoms. The summed E-state index contributed by atoms with van der Waals surface area (Å²) < 4.78 is 1.34. The highest BCUT2D eigenvalue weighted by molar-refractivity contribution is 7.17. The van der Waals surface area contributed by atoms with Crippen LogP contribution in [0.4, 0.5) is 0 Å². The van der Waals surface area contributed by atoms with Crippen molar-refractivity contribution in [3.05, 3.63) is 41.1 Å². The van der Waals surface area contributed by atoms with Gasteiger partial charge in [-0.15, -0.1) is 11.3 Å². The lowest BCUT2D eigenvalue weighted by atomic mass is 10.1. The van der Waals surface area contributed by atoms with Gasteiger partial charge in [0.25, 0.3) is 0 Å². The van der Waals surface area contributed by atoms with Crippen LogP contribution in [0.25, 0.3) is 10.1 Å². The van der Waals surface area contributed by atoms with Crippen molar-refractivity contribution in [3.8, 4) is 0 Å². The molecule has 0 aliphatic carbocycles. The van der Waals surface area contributed by atoms with Gasteiger partial charge in [-0.3, -0.25) is 0 Å². The van der Waals surface area contributed by atoms with E-state index in [1.807, 2.05) is 6.07 Å². The molecule has 79 valence electrons. The number of fused-ring (bicyclic) bond motifs is 1. The molecular formula is C13H14ClS. The highest BCUT2D eigenvalue weighted by Crippen LogP contribution is 2.29. The summed E-state index contributed by atoms with van der Waals surface area (Å²) in [5.74, 6) is 0. The first-order chi connectivity index (χ1) is 7.31. The van der Waals surface area contributed by atoms with Gasteiger partial charge < -0.3 is 0 Å². The average molecular weight is 238 g/mol. The van der Waals surface area contributed by atoms with Crippen molar-refractivity contribution >= 4 is 33.0 Å². The fourth-order valence-electron chi connectivity index (χ4n) is 1.74. The van der Waals surface area contributed by atoms with Crippen LogP contribution in [0.5, 0.6) is 0 Å². The summed E-state index contributed by atoms with van der Waals surface area (Å²) in [6.07, 6.45) is 4.61. The summed E-state index contributed by atoms with van der Waals surface area (Å²) in [5, 5.41) is 4.42. The van der Waals surface area contributed by atoms with E-state index in [1.165, 1.54) is 28.5 Å². The highest BCUT2D eigenvalue weighted by Gasteiger charge is 2.03. The van der Waals surface area contributed by atoms with E-state index in [9.17, 15) is 0 Å². The van der Waals surface area contributed by atoms with Crippen LogP contribution in [0.3, 0.4) is 0 Å². The minimum Gasteiger partial charge on any atom is -0.144 e. The van der Waals surface area contributed by atoms with Gasteiger partial charge in [-0.05, 0) is 47.4 Å². The molecule has 1 aromatic heterocycles. The Morgan fingerprint density at radius 3 is 2.93 bits per heavy atom. The number of aryl methyl sites for hydroxylation is 1. The Hall–Kier alpha value is -0.530. The molecule has 0 saturated heterocycles. The third-order valence-electron chi connectivity index (χ3n) is 2.56. The number of hydrogen-bond donors (Lipinski definition) is 0. The molecule has 2 heteroatoms. The smallest absolute Gasteiger partial charge is 0.0413 e. The summed E-state index contributed by atoms with van der Waals surface area (Å²) in [7, 11) is 0. The van der Waals surface area contributed by atoms with Gasteiger partial charge in [0, 0.05) is 9.72 Å². The quantitative estimate of drug-likeness (QED) is 0.649. The minimum absolute atomic E-state index is 0.833. The number of halogens is 1. The number of rotatable bonds is 4. The second-order valence-corrected chi connectivity index (χ2v) is 5.06. The predicted octanol–water partition coefficient (Wildman–Crippen LogP) is 5.10. The summed E-state index contributed by atoms with van der Waals surface area (Å²) in [6.45, 7) is 3.86. The van der Waals surface area contributed by atoms with E-state index >= 15 is 0 Å². The van der Waals surface area contributed by atoms with Crippen LogP contribution in [-0.4, -0.2) is 0 Å². The van der Waals surface area contributed by atoms with Crippen molar-refractivity contribution < 1.29 is 0 Å². The standard InChI is InChI=1S/C13H14ClS/c1-2-3-4-5-10-9-15-13-7-6-11(14)8-12(10)13/h6-9H,1-5H2. The van der Waals surface area contributed by atoms with Crippen LogP contribution < -0.4 is 0 Å². The molecule has 1 aromatic carbocycles. The van der Waals surface area contributed by atoms with Crippen molar-refractivity contribution in [1.82, 2.24) is 0 Å². The zero-order valence-corrected chi connectivity index (χ0v) is 10.2. The third-order valence-corrected chi connectivity index (χ3v) is 3.81. The molecule has 0 unspecified atom stereocenters. The fraction of sp³-hybridized carbons (Fsp3) is 0.308. The van der Waals surface area contributed by atoms with Gasteiger partial charge in [0.1, 0.15) is 0 Å². The summed E-state index contributed by atoms with van der Waals surface area (Å²) in [6, 6.07) is 6.14. The maximum absolute atomic E-state index is 6.00. The Labute approximate surface area is 99.9 Å². The van der Waals surface area contributed by atoms with Gasteiger partial charge >= 0.3 is 0 Å². The molecule has 0 fully saturated rings. The first kappa shape index (κ1) is 11.0. The average Bonchev–Trinajstić information content (AvgIpc) is 2.62. The van der Waals surface area contributed by atoms with E-state index in [0.29, 0.717) is 0 Å². The zero-order chi connectivity index (χ0) is 10.7. The fourth-order valence-corrected chi connectivity index (χ4v) is 2.89. The van der Waals surface area contributed by atoms with E-state index < -0.39 is 0 Å². The Morgan fingerprint density at radius 1 is 1.27 bits per heavy atom. The molecule has 0 N–H and O–H groups in total. The molecule has 0 saturated carbocycles. The maximum Gasteiger partial charge on any atom is 0.0413 e. The third kappa shape index (κ3) is 2.53. The minimum atomic E-state index is 0.833. The van der Waals surface area contributed by atoms with E-state index in [4.69, 9.17) is 11.6 Å². The number of hydrogen-bond acceptors (Lipinski definition) is 1. The monoisotopic (exact) mass is 237 g/mol. The molecule has 2 rings (SSSR count). The first-order valence-electron chi connectivity index (χ1n) is 5.26. The van der Waals surface area contributed by atoms with Crippen molar-refractivity contribution in [2.45, 2.75) is 25.7 Å². The van der Waals surface area contributed by atoms with Crippen LogP contribution in [-0.2, 0) is 6.42 Å². The molecule has 0 bridgehead atoms. The van der Waals surface area contributed by atoms with Gasteiger partial charge in [-0.1, -0.05) is 31.4 Å². The normalized spacial score (nSPS) is 11.1. The second-order valence-electron chi connectivity index (χ2n) is 3.71. The molecule has 0 spiro atoms. The Kier molecular flexibility index (Phi) is 3.66. The molecule has 1 radical (unpaired) electrons. The second kappa shape index (κ2) is 5.00. The SMILES string of the molecule is [CH2]CCCCc1csc2ccc(Cl)cc12. The first-order valence-corrected chi connectivity index (χ1v) is 6.52. The van der Waals surface area contributed by atoms with Crippen molar-refractivity contribution in [3.63, 3.8) is 0 Å². The van der Waals surface area contributed by atoms with Crippen molar-refractivity contribution in [1.29, 1.82) is 0 Å². The van der Waals surface area contributed by atoms with Gasteiger partial charge in [0.15, 0.2) is 0 Å². The number of benzene rings is 1. The van der Waals surface area contributed by atoms with Crippen LogP contribution >= 0.6 is 22.9 Å². The molecule has 2 aromatic rings. The molecular weight excluding hydrogens is 224 g/mol. The summed E-state index contributed by atoms with van der Waals surface area (Å²) in [4.78, 5) is 0. The Morgan fingerprint density at radius 2 is 2.13 bits per heavy atom. The van der Waals surface area contributed by atoms with E-state index in [-0.39, 0.29) is 0 Å². The lowest BCUT2D eigenvalue weighted by Crippen LogP contribution is -1.82. The molecule has 0 aliphatic rings. The Balaban J connectivity index is 2.23. The van der Waals surface area contributed by atoms with E-state index in [0.717, 1.165) is 17.9 Å². The van der Waals surface area contributed by atoms with E-state index in [2.05, 4.69) is 24.4 Å². The number of unbranched alkanes of at least 4 members (excludes halogenated alkanes) is 2. The molecule has 0 amide bonds. The van der Waals surface area contributed by atoms with Crippen LogP contribution in [0.15, 0.2) is 23.6 Å². The summed E-state index contributed by atoms with van der Waals surface area (Å²) in [5.41, 5.74) is 1.44. The van der Waals surface area contributed by atoms with Crippen molar-refractivity contribution in [2.24, 2.45) is 0 Å². The Bertz CT molecular complexity index is 445. The van der Waals surface area contributed by atoms with Crippen LogP contribution in [0, 0.1) is 6.92 Å². The van der Waals surface area contributed by atoms with Crippen LogP contribution in [0.2, 0.25) is 5.02 Å². The van der Waals surface area contributed by atoms with Gasteiger partial charge in [-0.25, -0.2) is 0 Å². The van der Waals surface area contributed by atoms with Gasteiger partial charge in [0.2, 0.25) is 0 Å². The lowest BCUT2D eigenvalue weighted by Gasteiger charge is -1.99. The predicted molar refractivity (Wildman–Crippen MR) is 69.7 cm³/mol. The van der Waals surface area contributed by atoms with Crippen LogP contribution in [0.1, 0.15) is 24.8 Å². The molecule has 0 aliphatic heterocycles. The number of thiophene rings is 1.